The fourth-order valence-electron chi connectivity index (χ4n) is 5.78. The Kier molecular flexibility index (Phi) is 10.2. The molecule has 1 aromatic heterocycles. The Labute approximate surface area is 221 Å². The number of ether oxygens (including phenoxy) is 1. The number of thiophene rings is 1. The monoisotopic (exact) mass is 508 g/mol. The van der Waals surface area contributed by atoms with Gasteiger partial charge in [0.15, 0.2) is 0 Å². The zero-order valence-electron chi connectivity index (χ0n) is 22.4. The predicted molar refractivity (Wildman–Crippen MR) is 153 cm³/mol. The third-order valence-corrected chi connectivity index (χ3v) is 8.90. The molecule has 4 rings (SSSR count). The lowest BCUT2D eigenvalue weighted by Gasteiger charge is -2.44. The van der Waals surface area contributed by atoms with Gasteiger partial charge in [-0.1, -0.05) is 69.9 Å². The molecule has 0 radical (unpaired) electrons. The van der Waals surface area contributed by atoms with Crippen molar-refractivity contribution in [2.75, 3.05) is 33.3 Å². The predicted octanol–water partition coefficient (Wildman–Crippen LogP) is 7.13. The van der Waals surface area contributed by atoms with E-state index in [0.717, 1.165) is 50.5 Å². The second-order valence-electron chi connectivity index (χ2n) is 10.3. The lowest BCUT2D eigenvalue weighted by Crippen LogP contribution is -2.52. The van der Waals surface area contributed by atoms with Crippen molar-refractivity contribution < 1.29 is 9.84 Å². The maximum absolute atomic E-state index is 11.8. The Morgan fingerprint density at radius 2 is 1.61 bits per heavy atom. The van der Waals surface area contributed by atoms with Crippen molar-refractivity contribution in [1.29, 1.82) is 0 Å². The first-order valence-corrected chi connectivity index (χ1v) is 14.8. The van der Waals surface area contributed by atoms with E-state index >= 15 is 0 Å². The standard InChI is InChI=1S/C31H44N2O2S/c1-4-6-10-27(31(34)28-23-36-30-13-9-8-11-26(28)30)29(12-7-5-2)33-20-18-32(19-21-33)22-24-14-16-25(35-3)17-15-24/h8-9,11,13-17,23,27,29,31,34H,4-7,10,12,18-22H2,1-3H3. The summed E-state index contributed by atoms with van der Waals surface area (Å²) in [4.78, 5) is 5.28. The zero-order chi connectivity index (χ0) is 25.3. The van der Waals surface area contributed by atoms with Gasteiger partial charge in [-0.15, -0.1) is 11.3 Å². The minimum Gasteiger partial charge on any atom is -0.497 e. The van der Waals surface area contributed by atoms with E-state index in [2.05, 4.69) is 77.6 Å². The van der Waals surface area contributed by atoms with Gasteiger partial charge in [0, 0.05) is 49.4 Å². The summed E-state index contributed by atoms with van der Waals surface area (Å²) in [5, 5.41) is 15.3. The molecule has 3 unspecified atom stereocenters. The van der Waals surface area contributed by atoms with Gasteiger partial charge in [0.05, 0.1) is 13.2 Å². The van der Waals surface area contributed by atoms with Crippen molar-refractivity contribution in [2.24, 2.45) is 5.92 Å². The Morgan fingerprint density at radius 1 is 0.917 bits per heavy atom. The molecule has 0 amide bonds. The summed E-state index contributed by atoms with van der Waals surface area (Å²) in [5.74, 6) is 1.18. The molecule has 4 nitrogen and oxygen atoms in total. The quantitative estimate of drug-likeness (QED) is 0.266. The topological polar surface area (TPSA) is 35.9 Å². The van der Waals surface area contributed by atoms with E-state index in [9.17, 15) is 5.11 Å². The smallest absolute Gasteiger partial charge is 0.118 e. The van der Waals surface area contributed by atoms with E-state index in [1.165, 1.54) is 47.8 Å². The molecule has 1 aliphatic heterocycles. The maximum Gasteiger partial charge on any atom is 0.118 e. The molecule has 1 fully saturated rings. The molecule has 0 bridgehead atoms. The first-order chi connectivity index (χ1) is 17.6. The Hall–Kier alpha value is -1.92. The summed E-state index contributed by atoms with van der Waals surface area (Å²) in [7, 11) is 1.72. The molecule has 1 saturated heterocycles. The van der Waals surface area contributed by atoms with E-state index in [0.29, 0.717) is 6.04 Å². The van der Waals surface area contributed by atoms with Gasteiger partial charge in [0.25, 0.3) is 0 Å². The SMILES string of the molecule is CCCCC(C(O)c1csc2ccccc12)C(CCCC)N1CCN(Cc2ccc(OC)cc2)CC1. The summed E-state index contributed by atoms with van der Waals surface area (Å²) in [6.45, 7) is 9.84. The number of hydrogen-bond donors (Lipinski definition) is 1. The normalized spacial score (nSPS) is 17.8. The van der Waals surface area contributed by atoms with Crippen LogP contribution in [0.5, 0.6) is 5.75 Å². The average molecular weight is 509 g/mol. The molecule has 5 heteroatoms. The van der Waals surface area contributed by atoms with E-state index in [4.69, 9.17) is 4.74 Å². The van der Waals surface area contributed by atoms with E-state index in [-0.39, 0.29) is 5.92 Å². The molecule has 1 aliphatic rings. The van der Waals surface area contributed by atoms with Crippen molar-refractivity contribution in [3.05, 3.63) is 65.0 Å². The molecule has 36 heavy (non-hydrogen) atoms. The van der Waals surface area contributed by atoms with Crippen LogP contribution in [0.1, 0.15) is 69.6 Å². The molecular formula is C31H44N2O2S. The van der Waals surface area contributed by atoms with Gasteiger partial charge < -0.3 is 9.84 Å². The molecule has 1 N–H and O–H groups in total. The van der Waals surface area contributed by atoms with Crippen LogP contribution >= 0.6 is 11.3 Å². The third kappa shape index (κ3) is 6.69. The fourth-order valence-corrected chi connectivity index (χ4v) is 6.77. The van der Waals surface area contributed by atoms with Crippen LogP contribution in [0.25, 0.3) is 10.1 Å². The van der Waals surface area contributed by atoms with E-state index in [1.807, 2.05) is 0 Å². The number of piperazine rings is 1. The number of nitrogens with zero attached hydrogens (tertiary/aromatic N) is 2. The van der Waals surface area contributed by atoms with Crippen LogP contribution in [0.4, 0.5) is 0 Å². The van der Waals surface area contributed by atoms with E-state index < -0.39 is 6.10 Å². The molecule has 0 spiro atoms. The Morgan fingerprint density at radius 3 is 2.31 bits per heavy atom. The summed E-state index contributed by atoms with van der Waals surface area (Å²) in [6.07, 6.45) is 6.60. The van der Waals surface area contributed by atoms with Crippen molar-refractivity contribution in [1.82, 2.24) is 9.80 Å². The average Bonchev–Trinajstić information content (AvgIpc) is 3.35. The molecule has 0 saturated carbocycles. The number of fused-ring (bicyclic) bond motifs is 1. The molecule has 3 aromatic rings. The highest BCUT2D eigenvalue weighted by atomic mass is 32.1. The molecule has 2 aromatic carbocycles. The second-order valence-corrected chi connectivity index (χ2v) is 11.2. The van der Waals surface area contributed by atoms with Crippen LogP contribution in [-0.4, -0.2) is 54.2 Å². The summed E-state index contributed by atoms with van der Waals surface area (Å²) < 4.78 is 6.59. The van der Waals surface area contributed by atoms with Crippen LogP contribution in [-0.2, 0) is 6.54 Å². The zero-order valence-corrected chi connectivity index (χ0v) is 23.2. The van der Waals surface area contributed by atoms with Crippen LogP contribution in [0.2, 0.25) is 0 Å². The molecule has 2 heterocycles. The summed E-state index contributed by atoms with van der Waals surface area (Å²) in [5.41, 5.74) is 2.48. The van der Waals surface area contributed by atoms with E-state index in [1.54, 1.807) is 18.4 Å². The largest absolute Gasteiger partial charge is 0.497 e. The van der Waals surface area contributed by atoms with Crippen molar-refractivity contribution in [3.63, 3.8) is 0 Å². The van der Waals surface area contributed by atoms with Gasteiger partial charge in [0.2, 0.25) is 0 Å². The third-order valence-electron chi connectivity index (χ3n) is 7.91. The minimum absolute atomic E-state index is 0.266. The Bertz CT molecular complexity index is 1040. The molecule has 3 atom stereocenters. The van der Waals surface area contributed by atoms with Crippen LogP contribution in [0, 0.1) is 5.92 Å². The number of rotatable bonds is 13. The lowest BCUT2D eigenvalue weighted by atomic mass is 9.82. The van der Waals surface area contributed by atoms with Gasteiger partial charge in [-0.05, 0) is 52.9 Å². The van der Waals surface area contributed by atoms with Gasteiger partial charge in [-0.2, -0.15) is 0 Å². The Balaban J connectivity index is 1.48. The van der Waals surface area contributed by atoms with Crippen molar-refractivity contribution in [3.8, 4) is 5.75 Å². The fraction of sp³-hybridized carbons (Fsp3) is 0.548. The summed E-state index contributed by atoms with van der Waals surface area (Å²) in [6, 6.07) is 17.4. The maximum atomic E-state index is 11.8. The number of hydrogen-bond acceptors (Lipinski definition) is 5. The number of methoxy groups -OCH3 is 1. The van der Waals surface area contributed by atoms with Gasteiger partial charge in [0.1, 0.15) is 5.75 Å². The van der Waals surface area contributed by atoms with Crippen LogP contribution in [0.15, 0.2) is 53.9 Å². The lowest BCUT2D eigenvalue weighted by molar-refractivity contribution is 0.00270. The van der Waals surface area contributed by atoms with Gasteiger partial charge in [-0.3, -0.25) is 9.80 Å². The number of aliphatic hydroxyl groups excluding tert-OH is 1. The molecular weight excluding hydrogens is 464 g/mol. The minimum atomic E-state index is -0.410. The van der Waals surface area contributed by atoms with Crippen molar-refractivity contribution in [2.45, 2.75) is 71.1 Å². The first-order valence-electron chi connectivity index (χ1n) is 13.9. The van der Waals surface area contributed by atoms with Gasteiger partial charge in [-0.25, -0.2) is 0 Å². The second kappa shape index (κ2) is 13.6. The first kappa shape index (κ1) is 27.1. The van der Waals surface area contributed by atoms with Gasteiger partial charge >= 0.3 is 0 Å². The number of benzene rings is 2. The highest BCUT2D eigenvalue weighted by Gasteiger charge is 2.35. The molecule has 0 aliphatic carbocycles. The number of unbranched alkanes of at least 4 members (excludes halogenated alkanes) is 2. The highest BCUT2D eigenvalue weighted by molar-refractivity contribution is 7.17. The van der Waals surface area contributed by atoms with Crippen LogP contribution < -0.4 is 4.74 Å². The molecule has 196 valence electrons. The van der Waals surface area contributed by atoms with Crippen LogP contribution in [0.3, 0.4) is 0 Å². The number of aliphatic hydroxyl groups is 1. The highest BCUT2D eigenvalue weighted by Crippen LogP contribution is 2.39. The van der Waals surface area contributed by atoms with Crippen molar-refractivity contribution >= 4 is 21.4 Å². The summed E-state index contributed by atoms with van der Waals surface area (Å²) >= 11 is 1.76.